The van der Waals surface area contributed by atoms with Gasteiger partial charge in [0.1, 0.15) is 5.76 Å². The zero-order valence-corrected chi connectivity index (χ0v) is 15.2. The van der Waals surface area contributed by atoms with Gasteiger partial charge in [0.25, 0.3) is 0 Å². The normalized spacial score (nSPS) is 15.4. The molecule has 0 radical (unpaired) electrons. The molecule has 6 nitrogen and oxygen atoms in total. The highest BCUT2D eigenvalue weighted by molar-refractivity contribution is 6.30. The van der Waals surface area contributed by atoms with Gasteiger partial charge in [-0.15, -0.1) is 0 Å². The van der Waals surface area contributed by atoms with E-state index >= 15 is 0 Å². The third-order valence-corrected chi connectivity index (χ3v) is 4.56. The van der Waals surface area contributed by atoms with Gasteiger partial charge in [0.05, 0.1) is 0 Å². The molecule has 1 aromatic heterocycles. The SMILES string of the molecule is Cc1cc(NC(=O)C2CCN(C(=O)/C=C/c3cccc(Cl)c3)CC2)no1. The highest BCUT2D eigenvalue weighted by Crippen LogP contribution is 2.20. The van der Waals surface area contributed by atoms with Crippen molar-refractivity contribution in [2.45, 2.75) is 19.8 Å². The average Bonchev–Trinajstić information content (AvgIpc) is 3.04. The summed E-state index contributed by atoms with van der Waals surface area (Å²) in [6.07, 6.45) is 4.54. The lowest BCUT2D eigenvalue weighted by Gasteiger charge is -2.30. The van der Waals surface area contributed by atoms with Crippen LogP contribution in [0.3, 0.4) is 0 Å². The third kappa shape index (κ3) is 4.73. The van der Waals surface area contributed by atoms with Crippen LogP contribution in [-0.2, 0) is 9.59 Å². The molecule has 1 aromatic carbocycles. The number of carbonyl (C=O) groups is 2. The maximum absolute atomic E-state index is 12.3. The fraction of sp³-hybridized carbons (Fsp3) is 0.316. The highest BCUT2D eigenvalue weighted by Gasteiger charge is 2.27. The molecule has 1 aliphatic rings. The first-order valence-corrected chi connectivity index (χ1v) is 8.86. The van der Waals surface area contributed by atoms with Crippen LogP contribution in [-0.4, -0.2) is 35.0 Å². The Morgan fingerprint density at radius 3 is 2.73 bits per heavy atom. The highest BCUT2D eigenvalue weighted by atomic mass is 35.5. The molecule has 0 aliphatic carbocycles. The number of anilines is 1. The minimum Gasteiger partial charge on any atom is -0.360 e. The van der Waals surface area contributed by atoms with Crippen LogP contribution in [0.25, 0.3) is 6.08 Å². The van der Waals surface area contributed by atoms with Gasteiger partial charge in [-0.1, -0.05) is 28.9 Å². The second kappa shape index (κ2) is 8.19. The van der Waals surface area contributed by atoms with Crippen molar-refractivity contribution in [1.82, 2.24) is 10.1 Å². The largest absolute Gasteiger partial charge is 0.360 e. The molecule has 3 rings (SSSR count). The Balaban J connectivity index is 1.49. The Morgan fingerprint density at radius 1 is 1.31 bits per heavy atom. The number of aryl methyl sites for hydroxylation is 1. The number of carbonyl (C=O) groups excluding carboxylic acids is 2. The van der Waals surface area contributed by atoms with Gasteiger partial charge < -0.3 is 14.7 Å². The first-order valence-electron chi connectivity index (χ1n) is 8.48. The van der Waals surface area contributed by atoms with Crippen LogP contribution in [0.4, 0.5) is 5.82 Å². The van der Waals surface area contributed by atoms with Crippen molar-refractivity contribution in [1.29, 1.82) is 0 Å². The van der Waals surface area contributed by atoms with Crippen molar-refractivity contribution in [2.75, 3.05) is 18.4 Å². The minimum atomic E-state index is -0.132. The Labute approximate surface area is 156 Å². The van der Waals surface area contributed by atoms with Crippen LogP contribution in [0.15, 0.2) is 40.9 Å². The van der Waals surface area contributed by atoms with E-state index in [-0.39, 0.29) is 17.7 Å². The molecule has 0 bridgehead atoms. The molecule has 2 aromatic rings. The molecule has 0 atom stereocenters. The maximum atomic E-state index is 12.3. The summed E-state index contributed by atoms with van der Waals surface area (Å²) in [6, 6.07) is 8.99. The van der Waals surface area contributed by atoms with E-state index in [0.29, 0.717) is 42.5 Å². The maximum Gasteiger partial charge on any atom is 0.246 e. The number of amides is 2. The van der Waals surface area contributed by atoms with E-state index in [1.165, 1.54) is 0 Å². The van der Waals surface area contributed by atoms with Crippen LogP contribution < -0.4 is 5.32 Å². The average molecular weight is 374 g/mol. The first-order chi connectivity index (χ1) is 12.5. The number of halogens is 1. The number of piperidine rings is 1. The van der Waals surface area contributed by atoms with E-state index in [9.17, 15) is 9.59 Å². The molecular weight excluding hydrogens is 354 g/mol. The number of likely N-dealkylation sites (tertiary alicyclic amines) is 1. The van der Waals surface area contributed by atoms with Gasteiger partial charge in [0.2, 0.25) is 11.8 Å². The molecular formula is C19H20ClN3O3. The summed E-state index contributed by atoms with van der Waals surface area (Å²) in [5, 5.41) is 7.15. The summed E-state index contributed by atoms with van der Waals surface area (Å²) < 4.78 is 4.94. The van der Waals surface area contributed by atoms with Crippen molar-refractivity contribution >= 4 is 35.3 Å². The molecule has 1 saturated heterocycles. The van der Waals surface area contributed by atoms with Crippen LogP contribution in [0.2, 0.25) is 5.02 Å². The Hall–Kier alpha value is -2.60. The molecule has 1 fully saturated rings. The second-order valence-corrected chi connectivity index (χ2v) is 6.74. The lowest BCUT2D eigenvalue weighted by molar-refractivity contribution is -0.130. The molecule has 136 valence electrons. The molecule has 1 N–H and O–H groups in total. The lowest BCUT2D eigenvalue weighted by Crippen LogP contribution is -2.40. The smallest absolute Gasteiger partial charge is 0.246 e. The zero-order chi connectivity index (χ0) is 18.5. The number of hydrogen-bond acceptors (Lipinski definition) is 4. The van der Waals surface area contributed by atoms with Crippen LogP contribution >= 0.6 is 11.6 Å². The van der Waals surface area contributed by atoms with Gasteiger partial charge in [-0.05, 0) is 43.5 Å². The van der Waals surface area contributed by atoms with E-state index < -0.39 is 0 Å². The topological polar surface area (TPSA) is 75.4 Å². The minimum absolute atomic E-state index is 0.0593. The first kappa shape index (κ1) is 18.2. The lowest BCUT2D eigenvalue weighted by atomic mass is 9.96. The van der Waals surface area contributed by atoms with E-state index in [2.05, 4.69) is 10.5 Å². The number of benzene rings is 1. The van der Waals surface area contributed by atoms with Crippen molar-refractivity contribution in [3.8, 4) is 0 Å². The van der Waals surface area contributed by atoms with E-state index in [1.807, 2.05) is 12.1 Å². The summed E-state index contributed by atoms with van der Waals surface area (Å²) in [5.74, 6) is 0.798. The number of rotatable bonds is 4. The van der Waals surface area contributed by atoms with Crippen molar-refractivity contribution in [3.05, 3.63) is 52.8 Å². The zero-order valence-electron chi connectivity index (χ0n) is 14.4. The number of nitrogens with zero attached hydrogens (tertiary/aromatic N) is 2. The molecule has 2 amide bonds. The third-order valence-electron chi connectivity index (χ3n) is 4.32. The molecule has 0 saturated carbocycles. The van der Waals surface area contributed by atoms with Crippen LogP contribution in [0.1, 0.15) is 24.2 Å². The van der Waals surface area contributed by atoms with Crippen LogP contribution in [0, 0.1) is 12.8 Å². The summed E-state index contributed by atoms with van der Waals surface area (Å²) >= 11 is 5.94. The van der Waals surface area contributed by atoms with Crippen molar-refractivity contribution in [3.63, 3.8) is 0 Å². The van der Waals surface area contributed by atoms with Gasteiger partial charge in [-0.2, -0.15) is 0 Å². The van der Waals surface area contributed by atoms with Gasteiger partial charge in [0, 0.05) is 36.2 Å². The van der Waals surface area contributed by atoms with E-state index in [0.717, 1.165) is 5.56 Å². The summed E-state index contributed by atoms with van der Waals surface area (Å²) in [6.45, 7) is 2.87. The summed E-state index contributed by atoms with van der Waals surface area (Å²) in [5.41, 5.74) is 0.878. The fourth-order valence-electron chi connectivity index (χ4n) is 2.90. The number of hydrogen-bond donors (Lipinski definition) is 1. The van der Waals surface area contributed by atoms with Crippen molar-refractivity contribution < 1.29 is 14.1 Å². The standard InChI is InChI=1S/C19H20ClN3O3/c1-13-11-17(22-26-13)21-19(25)15-7-9-23(10-8-15)18(24)6-5-14-3-2-4-16(20)12-14/h2-6,11-12,15H,7-10H2,1H3,(H,21,22,25)/b6-5+. The number of aromatic nitrogens is 1. The molecule has 0 unspecified atom stereocenters. The van der Waals surface area contributed by atoms with Gasteiger partial charge in [-0.3, -0.25) is 9.59 Å². The fourth-order valence-corrected chi connectivity index (χ4v) is 3.10. The Kier molecular flexibility index (Phi) is 5.73. The summed E-state index contributed by atoms with van der Waals surface area (Å²) in [4.78, 5) is 26.3. The Morgan fingerprint density at radius 2 is 2.08 bits per heavy atom. The summed E-state index contributed by atoms with van der Waals surface area (Å²) in [7, 11) is 0. The van der Waals surface area contributed by atoms with Crippen LogP contribution in [0.5, 0.6) is 0 Å². The van der Waals surface area contributed by atoms with E-state index in [1.54, 1.807) is 42.2 Å². The predicted molar refractivity (Wildman–Crippen MR) is 99.7 cm³/mol. The molecule has 7 heteroatoms. The van der Waals surface area contributed by atoms with Crippen molar-refractivity contribution in [2.24, 2.45) is 5.92 Å². The molecule has 26 heavy (non-hydrogen) atoms. The molecule has 1 aliphatic heterocycles. The molecule has 0 spiro atoms. The monoisotopic (exact) mass is 373 g/mol. The van der Waals surface area contributed by atoms with E-state index in [4.69, 9.17) is 16.1 Å². The second-order valence-electron chi connectivity index (χ2n) is 6.30. The number of nitrogens with one attached hydrogen (secondary N) is 1. The Bertz CT molecular complexity index is 823. The van der Waals surface area contributed by atoms with Gasteiger partial charge >= 0.3 is 0 Å². The predicted octanol–water partition coefficient (Wildman–Crippen LogP) is 3.53. The van der Waals surface area contributed by atoms with Gasteiger partial charge in [0.15, 0.2) is 5.82 Å². The molecule has 2 heterocycles. The quantitative estimate of drug-likeness (QED) is 0.832. The van der Waals surface area contributed by atoms with Gasteiger partial charge in [-0.25, -0.2) is 0 Å².